The van der Waals surface area contributed by atoms with E-state index in [0.717, 1.165) is 19.4 Å². The third-order valence-corrected chi connectivity index (χ3v) is 5.69. The van der Waals surface area contributed by atoms with Crippen LogP contribution in [0.15, 0.2) is 59.0 Å². The van der Waals surface area contributed by atoms with Gasteiger partial charge in [-0.1, -0.05) is 17.7 Å². The van der Waals surface area contributed by atoms with Gasteiger partial charge in [-0.15, -0.1) is 6.58 Å². The maximum Gasteiger partial charge on any atom is 0.0680 e. The normalized spacial score (nSPS) is 21.3. The fourth-order valence-corrected chi connectivity index (χ4v) is 4.10. The molecule has 0 fully saturated rings. The molecule has 2 aliphatic rings. The quantitative estimate of drug-likeness (QED) is 0.556. The van der Waals surface area contributed by atoms with Gasteiger partial charge >= 0.3 is 0 Å². The molecular formula is C24H39N3. The molecule has 0 aromatic rings. The van der Waals surface area contributed by atoms with Crippen molar-refractivity contribution in [1.29, 1.82) is 0 Å². The van der Waals surface area contributed by atoms with Crippen LogP contribution >= 0.6 is 0 Å². The Kier molecular flexibility index (Phi) is 8.43. The van der Waals surface area contributed by atoms with Crippen LogP contribution in [0.4, 0.5) is 0 Å². The van der Waals surface area contributed by atoms with Gasteiger partial charge in [0.1, 0.15) is 0 Å². The van der Waals surface area contributed by atoms with E-state index in [9.17, 15) is 0 Å². The third kappa shape index (κ3) is 5.87. The highest BCUT2D eigenvalue weighted by atomic mass is 15.1. The topological polar surface area (TPSA) is 27.3 Å². The number of hydrogen-bond acceptors (Lipinski definition) is 3. The lowest BCUT2D eigenvalue weighted by Gasteiger charge is -2.34. The number of allylic oxidation sites excluding steroid dienone is 5. The van der Waals surface area contributed by atoms with Crippen molar-refractivity contribution >= 4 is 0 Å². The smallest absolute Gasteiger partial charge is 0.0680 e. The van der Waals surface area contributed by atoms with Crippen molar-refractivity contribution < 1.29 is 0 Å². The average molecular weight is 370 g/mol. The minimum Gasteiger partial charge on any atom is -0.383 e. The van der Waals surface area contributed by atoms with E-state index in [2.05, 4.69) is 74.2 Å². The molecule has 0 saturated carbocycles. The van der Waals surface area contributed by atoms with E-state index in [1.807, 2.05) is 7.05 Å². The van der Waals surface area contributed by atoms with Crippen LogP contribution in [-0.4, -0.2) is 37.6 Å². The first kappa shape index (κ1) is 21.6. The summed E-state index contributed by atoms with van der Waals surface area (Å²) < 4.78 is 0. The lowest BCUT2D eigenvalue weighted by Crippen LogP contribution is -2.32. The van der Waals surface area contributed by atoms with Crippen molar-refractivity contribution in [3.05, 3.63) is 59.0 Å². The zero-order chi connectivity index (χ0) is 19.8. The fourth-order valence-electron chi connectivity index (χ4n) is 4.10. The van der Waals surface area contributed by atoms with Gasteiger partial charge in [-0.3, -0.25) is 0 Å². The molecule has 3 nitrogen and oxygen atoms in total. The van der Waals surface area contributed by atoms with Gasteiger partial charge in [0.25, 0.3) is 0 Å². The maximum absolute atomic E-state index is 4.08. The van der Waals surface area contributed by atoms with Crippen LogP contribution in [-0.2, 0) is 0 Å². The summed E-state index contributed by atoms with van der Waals surface area (Å²) in [7, 11) is 4.18. The van der Waals surface area contributed by atoms with E-state index in [1.54, 1.807) is 11.1 Å². The van der Waals surface area contributed by atoms with Gasteiger partial charge in [-0.25, -0.2) is 0 Å². The minimum absolute atomic E-state index is 0.329. The molecule has 1 aliphatic heterocycles. The number of hydrogen-bond donors (Lipinski definition) is 2. The SMILES string of the molecule is C=CC1C(CCC2=C(/C(=C/CNC)NC(C)C)CCCC2)=CC=C(C)N1C. The standard InChI is InChI=1S/C24H39N3/c1-7-24-21(13-12-19(4)27(24)6)15-14-20-10-8-9-11-22(20)23(16-17-25-5)26-18(2)3/h7,12-13,16,18,24-26H,1,8-11,14-15,17H2,2-6H3/b23-16-. The molecule has 1 atom stereocenters. The molecule has 0 spiro atoms. The predicted octanol–water partition coefficient (Wildman–Crippen LogP) is 5.07. The maximum atomic E-state index is 4.08. The zero-order valence-corrected chi connectivity index (χ0v) is 18.1. The summed E-state index contributed by atoms with van der Waals surface area (Å²) in [6, 6.07) is 0.785. The molecule has 0 radical (unpaired) electrons. The molecule has 1 aliphatic carbocycles. The summed E-state index contributed by atoms with van der Waals surface area (Å²) in [6.45, 7) is 11.6. The number of nitrogens with one attached hydrogen (secondary N) is 2. The number of rotatable bonds is 9. The highest BCUT2D eigenvalue weighted by Crippen LogP contribution is 2.34. The Bertz CT molecular complexity index is 634. The molecule has 0 aromatic heterocycles. The van der Waals surface area contributed by atoms with Crippen molar-refractivity contribution in [1.82, 2.24) is 15.5 Å². The molecule has 3 heteroatoms. The summed E-state index contributed by atoms with van der Waals surface area (Å²) in [5.41, 5.74) is 7.35. The Labute approximate surface area is 167 Å². The lowest BCUT2D eigenvalue weighted by molar-refractivity contribution is 0.375. The molecule has 1 heterocycles. The Balaban J connectivity index is 2.21. The first-order valence-corrected chi connectivity index (χ1v) is 10.5. The van der Waals surface area contributed by atoms with Gasteiger partial charge < -0.3 is 15.5 Å². The first-order valence-electron chi connectivity index (χ1n) is 10.5. The Hall–Kier alpha value is -1.74. The molecule has 27 heavy (non-hydrogen) atoms. The van der Waals surface area contributed by atoms with Crippen LogP contribution in [0, 0.1) is 0 Å². The predicted molar refractivity (Wildman–Crippen MR) is 119 cm³/mol. The second-order valence-electron chi connectivity index (χ2n) is 8.10. The highest BCUT2D eigenvalue weighted by molar-refractivity contribution is 5.38. The summed E-state index contributed by atoms with van der Waals surface area (Å²) in [5, 5.41) is 6.96. The van der Waals surface area contributed by atoms with E-state index in [0.29, 0.717) is 12.1 Å². The van der Waals surface area contributed by atoms with Crippen LogP contribution < -0.4 is 10.6 Å². The Morgan fingerprint density at radius 2 is 2.00 bits per heavy atom. The second kappa shape index (κ2) is 10.6. The molecule has 150 valence electrons. The van der Waals surface area contributed by atoms with Crippen molar-refractivity contribution in [2.24, 2.45) is 0 Å². The second-order valence-corrected chi connectivity index (χ2v) is 8.10. The molecule has 2 rings (SSSR count). The van der Waals surface area contributed by atoms with Gasteiger partial charge in [-0.2, -0.15) is 0 Å². The van der Waals surface area contributed by atoms with E-state index < -0.39 is 0 Å². The molecule has 0 amide bonds. The molecule has 0 bridgehead atoms. The van der Waals surface area contributed by atoms with Crippen molar-refractivity contribution in [3.63, 3.8) is 0 Å². The number of likely N-dealkylation sites (N-methyl/N-ethyl adjacent to an activating group) is 2. The number of nitrogens with zero attached hydrogens (tertiary/aromatic N) is 1. The molecule has 2 N–H and O–H groups in total. The van der Waals surface area contributed by atoms with Crippen LogP contribution in [0.2, 0.25) is 0 Å². The summed E-state index contributed by atoms with van der Waals surface area (Å²) in [6.07, 6.45) is 16.3. The monoisotopic (exact) mass is 369 g/mol. The average Bonchev–Trinajstić information content (AvgIpc) is 2.66. The van der Waals surface area contributed by atoms with Crippen molar-refractivity contribution in [2.45, 2.75) is 71.4 Å². The molecule has 0 saturated heterocycles. The van der Waals surface area contributed by atoms with E-state index in [1.165, 1.54) is 42.7 Å². The third-order valence-electron chi connectivity index (χ3n) is 5.69. The summed E-state index contributed by atoms with van der Waals surface area (Å²) in [5.74, 6) is 0. The summed E-state index contributed by atoms with van der Waals surface area (Å²) >= 11 is 0. The first-order chi connectivity index (χ1) is 13.0. The molecular weight excluding hydrogens is 330 g/mol. The van der Waals surface area contributed by atoms with Gasteiger partial charge in [0, 0.05) is 31.0 Å². The van der Waals surface area contributed by atoms with Gasteiger partial charge in [0.05, 0.1) is 6.04 Å². The van der Waals surface area contributed by atoms with Crippen molar-refractivity contribution in [3.8, 4) is 0 Å². The summed E-state index contributed by atoms with van der Waals surface area (Å²) in [4.78, 5) is 2.33. The Morgan fingerprint density at radius 1 is 1.26 bits per heavy atom. The van der Waals surface area contributed by atoms with Crippen LogP contribution in [0.5, 0.6) is 0 Å². The van der Waals surface area contributed by atoms with Crippen LogP contribution in [0.25, 0.3) is 0 Å². The van der Waals surface area contributed by atoms with Gasteiger partial charge in [0.15, 0.2) is 0 Å². The zero-order valence-electron chi connectivity index (χ0n) is 18.1. The largest absolute Gasteiger partial charge is 0.383 e. The van der Waals surface area contributed by atoms with Gasteiger partial charge in [0.2, 0.25) is 0 Å². The van der Waals surface area contributed by atoms with Crippen molar-refractivity contribution in [2.75, 3.05) is 20.6 Å². The lowest BCUT2D eigenvalue weighted by atomic mass is 9.85. The van der Waals surface area contributed by atoms with Gasteiger partial charge in [-0.05, 0) is 89.6 Å². The minimum atomic E-state index is 0.329. The molecule has 1 unspecified atom stereocenters. The Morgan fingerprint density at radius 3 is 2.67 bits per heavy atom. The van der Waals surface area contributed by atoms with Crippen LogP contribution in [0.1, 0.15) is 59.3 Å². The molecule has 0 aromatic carbocycles. The fraction of sp³-hybridized carbons (Fsp3) is 0.583. The van der Waals surface area contributed by atoms with Crippen LogP contribution in [0.3, 0.4) is 0 Å². The highest BCUT2D eigenvalue weighted by Gasteiger charge is 2.21. The van der Waals surface area contributed by atoms with E-state index in [-0.39, 0.29) is 0 Å². The van der Waals surface area contributed by atoms with E-state index in [4.69, 9.17) is 0 Å². The van der Waals surface area contributed by atoms with E-state index >= 15 is 0 Å².